The molecule has 0 aliphatic rings. The van der Waals surface area contributed by atoms with Gasteiger partial charge in [-0.2, -0.15) is 5.10 Å². The van der Waals surface area contributed by atoms with Crippen LogP contribution in [0.15, 0.2) is 30.2 Å². The predicted molar refractivity (Wildman–Crippen MR) is 70.0 cm³/mol. The second-order valence-corrected chi connectivity index (χ2v) is 4.60. The molecule has 0 fully saturated rings. The van der Waals surface area contributed by atoms with E-state index in [9.17, 15) is 0 Å². The molecule has 3 aromatic rings. The number of thiophene rings is 1. The highest BCUT2D eigenvalue weighted by Crippen LogP contribution is 2.25. The van der Waals surface area contributed by atoms with Crippen molar-refractivity contribution in [1.29, 1.82) is 0 Å². The van der Waals surface area contributed by atoms with E-state index < -0.39 is 0 Å². The maximum absolute atomic E-state index is 8.83. The Morgan fingerprint density at radius 2 is 2.33 bits per heavy atom. The minimum Gasteiger partial charge on any atom is -0.394 e. The van der Waals surface area contributed by atoms with Crippen molar-refractivity contribution in [3.63, 3.8) is 0 Å². The van der Waals surface area contributed by atoms with E-state index in [1.54, 1.807) is 28.5 Å². The van der Waals surface area contributed by atoms with Gasteiger partial charge in [-0.15, -0.1) is 11.3 Å². The van der Waals surface area contributed by atoms with Gasteiger partial charge in [-0.3, -0.25) is 4.68 Å². The number of aromatic nitrogens is 4. The van der Waals surface area contributed by atoms with E-state index in [-0.39, 0.29) is 6.61 Å². The Labute approximate surface area is 107 Å². The van der Waals surface area contributed by atoms with Gasteiger partial charge >= 0.3 is 0 Å². The van der Waals surface area contributed by atoms with Gasteiger partial charge in [-0.25, -0.2) is 9.97 Å². The molecule has 0 aliphatic heterocycles. The van der Waals surface area contributed by atoms with Gasteiger partial charge < -0.3 is 10.4 Å². The minimum atomic E-state index is 0.0728. The second kappa shape index (κ2) is 4.71. The molecule has 0 saturated heterocycles. The molecule has 0 radical (unpaired) electrons. The molecule has 92 valence electrons. The predicted octanol–water partition coefficient (Wildman–Crippen LogP) is 1.62. The number of fused-ring (bicyclic) bond motifs is 1. The zero-order valence-corrected chi connectivity index (χ0v) is 10.3. The summed E-state index contributed by atoms with van der Waals surface area (Å²) in [6.07, 6.45) is 5.08. The van der Waals surface area contributed by atoms with E-state index in [4.69, 9.17) is 5.11 Å². The highest BCUT2D eigenvalue weighted by atomic mass is 32.1. The van der Waals surface area contributed by atoms with Crippen molar-refractivity contribution in [1.82, 2.24) is 19.7 Å². The molecule has 0 unspecified atom stereocenters. The van der Waals surface area contributed by atoms with E-state index in [1.807, 2.05) is 17.6 Å². The van der Waals surface area contributed by atoms with Crippen molar-refractivity contribution < 1.29 is 5.11 Å². The van der Waals surface area contributed by atoms with E-state index >= 15 is 0 Å². The molecule has 0 saturated carbocycles. The number of hydrogen-bond acceptors (Lipinski definition) is 6. The zero-order chi connectivity index (χ0) is 12.4. The van der Waals surface area contributed by atoms with E-state index in [1.165, 1.54) is 0 Å². The van der Waals surface area contributed by atoms with E-state index in [2.05, 4.69) is 20.4 Å². The van der Waals surface area contributed by atoms with Gasteiger partial charge in [0.1, 0.15) is 17.0 Å². The summed E-state index contributed by atoms with van der Waals surface area (Å²) in [5.41, 5.74) is 0.842. The number of anilines is 2. The van der Waals surface area contributed by atoms with Crippen molar-refractivity contribution in [2.75, 3.05) is 11.9 Å². The lowest BCUT2D eigenvalue weighted by molar-refractivity contribution is 0.269. The first-order chi connectivity index (χ1) is 8.86. The molecule has 7 heteroatoms. The molecule has 3 aromatic heterocycles. The third kappa shape index (κ3) is 2.05. The van der Waals surface area contributed by atoms with Crippen LogP contribution in [0.5, 0.6) is 0 Å². The lowest BCUT2D eigenvalue weighted by Gasteiger charge is -2.02. The summed E-state index contributed by atoms with van der Waals surface area (Å²) in [4.78, 5) is 9.37. The molecular weight excluding hydrogens is 250 g/mol. The summed E-state index contributed by atoms with van der Waals surface area (Å²) in [6.45, 7) is 0.558. The maximum Gasteiger partial charge on any atom is 0.142 e. The molecule has 0 spiro atoms. The maximum atomic E-state index is 8.83. The smallest absolute Gasteiger partial charge is 0.142 e. The Bertz CT molecular complexity index is 662. The molecule has 0 amide bonds. The summed E-state index contributed by atoms with van der Waals surface area (Å²) in [6, 6.07) is 1.99. The van der Waals surface area contributed by atoms with Crippen LogP contribution in [0.1, 0.15) is 0 Å². The summed E-state index contributed by atoms with van der Waals surface area (Å²) >= 11 is 1.58. The van der Waals surface area contributed by atoms with Gasteiger partial charge in [0.25, 0.3) is 0 Å². The summed E-state index contributed by atoms with van der Waals surface area (Å²) < 4.78 is 1.67. The molecule has 0 aromatic carbocycles. The van der Waals surface area contributed by atoms with Crippen LogP contribution in [-0.4, -0.2) is 31.5 Å². The number of aliphatic hydroxyl groups is 1. The number of nitrogens with zero attached hydrogens (tertiary/aromatic N) is 4. The Morgan fingerprint density at radius 1 is 1.39 bits per heavy atom. The number of rotatable bonds is 4. The monoisotopic (exact) mass is 261 g/mol. The van der Waals surface area contributed by atoms with Gasteiger partial charge in [-0.1, -0.05) is 0 Å². The standard InChI is InChI=1S/C11H11N5OS/c17-3-2-16-6-8(5-14-16)15-10-9-1-4-18-11(9)13-7-12-10/h1,4-7,17H,2-3H2,(H,12,13,15). The SMILES string of the molecule is OCCn1cc(Nc2ncnc3sccc23)cn1. The van der Waals surface area contributed by atoms with Gasteiger partial charge in [0.15, 0.2) is 0 Å². The molecule has 6 nitrogen and oxygen atoms in total. The van der Waals surface area contributed by atoms with Gasteiger partial charge in [0.05, 0.1) is 30.4 Å². The van der Waals surface area contributed by atoms with Crippen LogP contribution in [0.3, 0.4) is 0 Å². The van der Waals surface area contributed by atoms with Crippen molar-refractivity contribution in [2.45, 2.75) is 6.54 Å². The van der Waals surface area contributed by atoms with E-state index in [0.29, 0.717) is 6.54 Å². The fourth-order valence-electron chi connectivity index (χ4n) is 1.68. The molecule has 0 atom stereocenters. The van der Waals surface area contributed by atoms with Crippen molar-refractivity contribution in [2.24, 2.45) is 0 Å². The van der Waals surface area contributed by atoms with Gasteiger partial charge in [-0.05, 0) is 11.4 Å². The van der Waals surface area contributed by atoms with Crippen LogP contribution < -0.4 is 5.32 Å². The molecule has 3 rings (SSSR count). The molecule has 3 heterocycles. The number of aliphatic hydroxyl groups excluding tert-OH is 1. The molecule has 0 aliphatic carbocycles. The lowest BCUT2D eigenvalue weighted by atomic mass is 10.4. The highest BCUT2D eigenvalue weighted by Gasteiger charge is 2.06. The van der Waals surface area contributed by atoms with Crippen molar-refractivity contribution in [3.8, 4) is 0 Å². The topological polar surface area (TPSA) is 75.9 Å². The Kier molecular flexibility index (Phi) is 2.91. The van der Waals surface area contributed by atoms with E-state index in [0.717, 1.165) is 21.7 Å². The number of nitrogens with one attached hydrogen (secondary N) is 1. The van der Waals surface area contributed by atoms with Crippen LogP contribution in [0, 0.1) is 0 Å². The molecule has 18 heavy (non-hydrogen) atoms. The van der Waals surface area contributed by atoms with Crippen LogP contribution in [-0.2, 0) is 6.54 Å². The van der Waals surface area contributed by atoms with Crippen molar-refractivity contribution in [3.05, 3.63) is 30.2 Å². The fraction of sp³-hybridized carbons (Fsp3) is 0.182. The fourth-order valence-corrected chi connectivity index (χ4v) is 2.41. The highest BCUT2D eigenvalue weighted by molar-refractivity contribution is 7.16. The molecular formula is C11H11N5OS. The quantitative estimate of drug-likeness (QED) is 0.746. The van der Waals surface area contributed by atoms with Crippen molar-refractivity contribution >= 4 is 33.1 Å². The zero-order valence-electron chi connectivity index (χ0n) is 9.45. The normalized spacial score (nSPS) is 10.9. The first-order valence-corrected chi connectivity index (χ1v) is 6.33. The summed E-state index contributed by atoms with van der Waals surface area (Å²) in [5.74, 6) is 0.768. The largest absolute Gasteiger partial charge is 0.394 e. The Hall–Kier alpha value is -1.99. The Balaban J connectivity index is 1.88. The third-order valence-corrected chi connectivity index (χ3v) is 3.31. The minimum absolute atomic E-state index is 0.0728. The first kappa shape index (κ1) is 11.1. The van der Waals surface area contributed by atoms with Crippen LogP contribution in [0.2, 0.25) is 0 Å². The average molecular weight is 261 g/mol. The molecule has 2 N–H and O–H groups in total. The van der Waals surface area contributed by atoms with Crippen LogP contribution >= 0.6 is 11.3 Å². The Morgan fingerprint density at radius 3 is 3.22 bits per heavy atom. The van der Waals surface area contributed by atoms with Crippen LogP contribution in [0.25, 0.3) is 10.2 Å². The summed E-state index contributed by atoms with van der Waals surface area (Å²) in [5, 5.41) is 19.1. The third-order valence-electron chi connectivity index (χ3n) is 2.49. The van der Waals surface area contributed by atoms with Gasteiger partial charge in [0, 0.05) is 6.20 Å². The molecule has 0 bridgehead atoms. The lowest BCUT2D eigenvalue weighted by Crippen LogP contribution is -2.01. The number of hydrogen-bond donors (Lipinski definition) is 2. The van der Waals surface area contributed by atoms with Gasteiger partial charge in [0.2, 0.25) is 0 Å². The average Bonchev–Trinajstić information content (AvgIpc) is 2.99. The second-order valence-electron chi connectivity index (χ2n) is 3.70. The first-order valence-electron chi connectivity index (χ1n) is 5.45. The van der Waals surface area contributed by atoms with Crippen LogP contribution in [0.4, 0.5) is 11.5 Å². The summed E-state index contributed by atoms with van der Waals surface area (Å²) in [7, 11) is 0.